The lowest BCUT2D eigenvalue weighted by Crippen LogP contribution is -2.47. The molecule has 2 saturated carbocycles. The van der Waals surface area contributed by atoms with Crippen LogP contribution < -0.4 is 5.73 Å². The summed E-state index contributed by atoms with van der Waals surface area (Å²) in [4.78, 5) is 0. The fourth-order valence-corrected chi connectivity index (χ4v) is 3.31. The van der Waals surface area contributed by atoms with E-state index in [4.69, 9.17) is 5.73 Å². The Labute approximate surface area is 69.4 Å². The van der Waals surface area contributed by atoms with Crippen molar-refractivity contribution >= 4 is 0 Å². The summed E-state index contributed by atoms with van der Waals surface area (Å²) in [7, 11) is 0. The van der Waals surface area contributed by atoms with Gasteiger partial charge in [0.05, 0.1) is 0 Å². The van der Waals surface area contributed by atoms with Crippen molar-refractivity contribution < 1.29 is 0 Å². The molecule has 0 saturated heterocycles. The molecule has 0 bridgehead atoms. The van der Waals surface area contributed by atoms with Crippen LogP contribution in [0, 0.1) is 29.6 Å². The van der Waals surface area contributed by atoms with Gasteiger partial charge in [-0.25, -0.2) is 0 Å². The maximum atomic E-state index is 5.98. The second-order valence-electron chi connectivity index (χ2n) is 4.72. The van der Waals surface area contributed by atoms with Gasteiger partial charge in [-0.05, 0) is 36.0 Å². The standard InChI is InChI=1S/C10H19N/c1-5-6(2)8-4-9(11)10(8)7(5)3/h5-10H,4,11H2,1-3H3/t5?,6?,7?,8?,9-,10?/m0/s1. The SMILES string of the molecule is CC1C(C)C2C[C@H](N)C2C1C. The Balaban J connectivity index is 2.15. The predicted molar refractivity (Wildman–Crippen MR) is 47.1 cm³/mol. The van der Waals surface area contributed by atoms with Gasteiger partial charge in [-0.15, -0.1) is 0 Å². The first-order chi connectivity index (χ1) is 5.13. The van der Waals surface area contributed by atoms with Gasteiger partial charge in [0.25, 0.3) is 0 Å². The Morgan fingerprint density at radius 2 is 1.64 bits per heavy atom. The molecular formula is C10H19N. The maximum absolute atomic E-state index is 5.98. The molecule has 2 fully saturated rings. The highest BCUT2D eigenvalue weighted by Crippen LogP contribution is 2.55. The topological polar surface area (TPSA) is 26.0 Å². The summed E-state index contributed by atoms with van der Waals surface area (Å²) in [5.74, 6) is 4.53. The predicted octanol–water partition coefficient (Wildman–Crippen LogP) is 1.87. The largest absolute Gasteiger partial charge is 0.327 e. The molecule has 2 rings (SSSR count). The molecule has 0 aromatic heterocycles. The van der Waals surface area contributed by atoms with Crippen LogP contribution in [0.3, 0.4) is 0 Å². The van der Waals surface area contributed by atoms with Gasteiger partial charge in [0.2, 0.25) is 0 Å². The van der Waals surface area contributed by atoms with Crippen LogP contribution in [-0.4, -0.2) is 6.04 Å². The van der Waals surface area contributed by atoms with E-state index in [0.29, 0.717) is 6.04 Å². The minimum atomic E-state index is 0.530. The lowest BCUT2D eigenvalue weighted by molar-refractivity contribution is 0.117. The van der Waals surface area contributed by atoms with Crippen molar-refractivity contribution in [1.82, 2.24) is 0 Å². The molecule has 0 aliphatic heterocycles. The van der Waals surface area contributed by atoms with Crippen molar-refractivity contribution in [2.24, 2.45) is 35.3 Å². The van der Waals surface area contributed by atoms with E-state index >= 15 is 0 Å². The molecule has 6 atom stereocenters. The van der Waals surface area contributed by atoms with Gasteiger partial charge in [-0.3, -0.25) is 0 Å². The van der Waals surface area contributed by atoms with Gasteiger partial charge < -0.3 is 5.73 Å². The summed E-state index contributed by atoms with van der Waals surface area (Å²) in [5, 5.41) is 0. The number of rotatable bonds is 0. The van der Waals surface area contributed by atoms with Gasteiger partial charge in [0.1, 0.15) is 0 Å². The van der Waals surface area contributed by atoms with Crippen LogP contribution in [0.1, 0.15) is 27.2 Å². The van der Waals surface area contributed by atoms with Gasteiger partial charge in [-0.1, -0.05) is 20.8 Å². The van der Waals surface area contributed by atoms with Crippen LogP contribution in [0.25, 0.3) is 0 Å². The molecule has 0 aromatic rings. The minimum Gasteiger partial charge on any atom is -0.327 e. The number of hydrogen-bond acceptors (Lipinski definition) is 1. The molecule has 64 valence electrons. The maximum Gasteiger partial charge on any atom is 0.00754 e. The van der Waals surface area contributed by atoms with Crippen LogP contribution in [0.5, 0.6) is 0 Å². The number of hydrogen-bond donors (Lipinski definition) is 1. The third-order valence-corrected chi connectivity index (χ3v) is 4.47. The summed E-state index contributed by atoms with van der Waals surface area (Å²) in [6.07, 6.45) is 1.29. The molecule has 5 unspecified atom stereocenters. The van der Waals surface area contributed by atoms with Crippen LogP contribution in [0.2, 0.25) is 0 Å². The summed E-state index contributed by atoms with van der Waals surface area (Å²) >= 11 is 0. The molecule has 2 aliphatic carbocycles. The first-order valence-electron chi connectivity index (χ1n) is 4.88. The number of fused-ring (bicyclic) bond motifs is 1. The zero-order valence-electron chi connectivity index (χ0n) is 7.75. The molecule has 2 N–H and O–H groups in total. The second-order valence-corrected chi connectivity index (χ2v) is 4.72. The van der Waals surface area contributed by atoms with E-state index in [9.17, 15) is 0 Å². The molecule has 1 nitrogen and oxygen atoms in total. The first-order valence-corrected chi connectivity index (χ1v) is 4.88. The second kappa shape index (κ2) is 2.22. The average Bonchev–Trinajstić information content (AvgIpc) is 2.10. The van der Waals surface area contributed by atoms with E-state index in [-0.39, 0.29) is 0 Å². The highest BCUT2D eigenvalue weighted by molar-refractivity contribution is 5.04. The zero-order valence-corrected chi connectivity index (χ0v) is 7.75. The van der Waals surface area contributed by atoms with E-state index in [1.54, 1.807) is 0 Å². The number of nitrogens with two attached hydrogens (primary N) is 1. The average molecular weight is 153 g/mol. The Morgan fingerprint density at radius 1 is 1.00 bits per heavy atom. The highest BCUT2D eigenvalue weighted by atomic mass is 14.8. The molecule has 0 spiro atoms. The van der Waals surface area contributed by atoms with Crippen LogP contribution in [0.15, 0.2) is 0 Å². The van der Waals surface area contributed by atoms with Crippen molar-refractivity contribution in [2.75, 3.05) is 0 Å². The van der Waals surface area contributed by atoms with Crippen LogP contribution in [0.4, 0.5) is 0 Å². The quantitative estimate of drug-likeness (QED) is 0.565. The van der Waals surface area contributed by atoms with E-state index < -0.39 is 0 Å². The molecule has 1 heteroatoms. The third kappa shape index (κ3) is 0.807. The van der Waals surface area contributed by atoms with Crippen LogP contribution in [-0.2, 0) is 0 Å². The van der Waals surface area contributed by atoms with Crippen molar-refractivity contribution in [3.8, 4) is 0 Å². The Morgan fingerprint density at radius 3 is 2.00 bits per heavy atom. The van der Waals surface area contributed by atoms with Gasteiger partial charge in [0.15, 0.2) is 0 Å². The fraction of sp³-hybridized carbons (Fsp3) is 1.00. The lowest BCUT2D eigenvalue weighted by atomic mass is 9.67. The van der Waals surface area contributed by atoms with E-state index in [0.717, 1.165) is 29.6 Å². The molecule has 0 amide bonds. The first kappa shape index (κ1) is 7.60. The van der Waals surface area contributed by atoms with E-state index in [2.05, 4.69) is 20.8 Å². The smallest absolute Gasteiger partial charge is 0.00754 e. The molecule has 0 heterocycles. The fourth-order valence-electron chi connectivity index (χ4n) is 3.31. The lowest BCUT2D eigenvalue weighted by Gasteiger charge is -2.41. The molecule has 0 radical (unpaired) electrons. The van der Waals surface area contributed by atoms with Crippen LogP contribution >= 0.6 is 0 Å². The summed E-state index contributed by atoms with van der Waals surface area (Å²) in [6, 6.07) is 0.530. The van der Waals surface area contributed by atoms with E-state index in [1.165, 1.54) is 6.42 Å². The normalized spacial score (nSPS) is 62.2. The Hall–Kier alpha value is -0.0400. The highest BCUT2D eigenvalue weighted by Gasteiger charge is 2.52. The van der Waals surface area contributed by atoms with Crippen molar-refractivity contribution in [3.05, 3.63) is 0 Å². The van der Waals surface area contributed by atoms with Crippen molar-refractivity contribution in [3.63, 3.8) is 0 Å². The minimum absolute atomic E-state index is 0.530. The summed E-state index contributed by atoms with van der Waals surface area (Å²) < 4.78 is 0. The van der Waals surface area contributed by atoms with Gasteiger partial charge in [0, 0.05) is 6.04 Å². The van der Waals surface area contributed by atoms with Crippen molar-refractivity contribution in [1.29, 1.82) is 0 Å². The van der Waals surface area contributed by atoms with Crippen molar-refractivity contribution in [2.45, 2.75) is 33.2 Å². The Bertz CT molecular complexity index is 156. The summed E-state index contributed by atoms with van der Waals surface area (Å²) in [5.41, 5.74) is 5.98. The summed E-state index contributed by atoms with van der Waals surface area (Å²) in [6.45, 7) is 7.17. The molecule has 2 aliphatic rings. The van der Waals surface area contributed by atoms with Gasteiger partial charge in [-0.2, -0.15) is 0 Å². The van der Waals surface area contributed by atoms with Gasteiger partial charge >= 0.3 is 0 Å². The molecule has 0 aromatic carbocycles. The Kier molecular flexibility index (Phi) is 1.54. The molecular weight excluding hydrogens is 134 g/mol. The third-order valence-electron chi connectivity index (χ3n) is 4.47. The zero-order chi connectivity index (χ0) is 8.17. The monoisotopic (exact) mass is 153 g/mol. The van der Waals surface area contributed by atoms with E-state index in [1.807, 2.05) is 0 Å². The molecule has 11 heavy (non-hydrogen) atoms.